The van der Waals surface area contributed by atoms with Crippen LogP contribution in [0.1, 0.15) is 17.5 Å². The van der Waals surface area contributed by atoms with Gasteiger partial charge in [-0.2, -0.15) is 11.8 Å². The Bertz CT molecular complexity index is 972. The topological polar surface area (TPSA) is 79.9 Å². The molecule has 0 saturated carbocycles. The summed E-state index contributed by atoms with van der Waals surface area (Å²) in [5, 5.41) is 5.54. The number of anilines is 1. The Morgan fingerprint density at radius 3 is 2.53 bits per heavy atom. The van der Waals surface area contributed by atoms with Gasteiger partial charge in [0.05, 0.1) is 14.2 Å². The molecule has 0 aromatic heterocycles. The highest BCUT2D eigenvalue weighted by Crippen LogP contribution is 2.33. The Kier molecular flexibility index (Phi) is 8.21. The fourth-order valence-corrected chi connectivity index (χ4v) is 4.07. The van der Waals surface area contributed by atoms with E-state index >= 15 is 0 Å². The maximum atomic E-state index is 13.4. The highest BCUT2D eigenvalue weighted by Gasteiger charge is 2.27. The third-order valence-electron chi connectivity index (χ3n) is 5.32. The molecule has 0 bridgehead atoms. The van der Waals surface area contributed by atoms with Crippen LogP contribution in [0.25, 0.3) is 0 Å². The molecule has 3 rings (SSSR count). The summed E-state index contributed by atoms with van der Waals surface area (Å²) in [6.45, 7) is 0.928. The summed E-state index contributed by atoms with van der Waals surface area (Å²) in [6, 6.07) is 8.46. The van der Waals surface area contributed by atoms with Crippen LogP contribution in [0.15, 0.2) is 36.4 Å². The number of nitrogens with zero attached hydrogens (tertiary/aromatic N) is 1. The lowest BCUT2D eigenvalue weighted by molar-refractivity contribution is -0.118. The van der Waals surface area contributed by atoms with Gasteiger partial charge in [-0.3, -0.25) is 4.79 Å². The lowest BCUT2D eigenvalue weighted by atomic mass is 9.99. The second-order valence-corrected chi connectivity index (χ2v) is 8.42. The third-order valence-corrected chi connectivity index (χ3v) is 5.97. The zero-order valence-corrected chi connectivity index (χ0v) is 19.3. The molecule has 2 aromatic carbocycles. The number of halogens is 1. The Balaban J connectivity index is 1.69. The largest absolute Gasteiger partial charge is 0.493 e. The van der Waals surface area contributed by atoms with Gasteiger partial charge in [0.2, 0.25) is 5.91 Å². The molecule has 1 heterocycles. The van der Waals surface area contributed by atoms with Crippen molar-refractivity contribution in [3.05, 3.63) is 53.3 Å². The quantitative estimate of drug-likeness (QED) is 0.627. The smallest absolute Gasteiger partial charge is 0.318 e. The van der Waals surface area contributed by atoms with E-state index < -0.39 is 11.9 Å². The fourth-order valence-electron chi connectivity index (χ4n) is 3.60. The van der Waals surface area contributed by atoms with Crippen LogP contribution in [0.5, 0.6) is 11.5 Å². The van der Waals surface area contributed by atoms with Crippen LogP contribution in [-0.4, -0.2) is 55.7 Å². The van der Waals surface area contributed by atoms with Crippen LogP contribution in [0.3, 0.4) is 0 Å². The van der Waals surface area contributed by atoms with E-state index in [0.29, 0.717) is 48.9 Å². The third kappa shape index (κ3) is 5.85. The SMILES string of the molecule is COc1cc2c(cc1OC)CN(C(=O)NC(CCSC)C(=O)Nc1cccc(F)c1)CC2. The molecule has 7 nitrogen and oxygen atoms in total. The number of nitrogens with one attached hydrogen (secondary N) is 2. The zero-order valence-electron chi connectivity index (χ0n) is 18.4. The number of benzene rings is 2. The van der Waals surface area contributed by atoms with Crippen LogP contribution in [0, 0.1) is 5.82 Å². The van der Waals surface area contributed by atoms with Crippen LogP contribution in [0.4, 0.5) is 14.9 Å². The molecule has 1 aliphatic rings. The molecule has 1 unspecified atom stereocenters. The lowest BCUT2D eigenvalue weighted by Gasteiger charge is -2.31. The number of carbonyl (C=O) groups excluding carboxylic acids is 2. The predicted molar refractivity (Wildman–Crippen MR) is 124 cm³/mol. The summed E-state index contributed by atoms with van der Waals surface area (Å²) in [4.78, 5) is 27.5. The van der Waals surface area contributed by atoms with Gasteiger partial charge in [-0.1, -0.05) is 6.07 Å². The normalized spacial score (nSPS) is 13.7. The Morgan fingerprint density at radius 1 is 1.16 bits per heavy atom. The number of ether oxygens (including phenoxy) is 2. The van der Waals surface area contributed by atoms with Gasteiger partial charge in [-0.15, -0.1) is 0 Å². The zero-order chi connectivity index (χ0) is 23.1. The molecular weight excluding hydrogens is 433 g/mol. The van der Waals surface area contributed by atoms with E-state index in [1.807, 2.05) is 18.4 Å². The van der Waals surface area contributed by atoms with E-state index in [4.69, 9.17) is 9.47 Å². The van der Waals surface area contributed by atoms with Gasteiger partial charge < -0.3 is 25.0 Å². The number of thioether (sulfide) groups is 1. The Labute approximate surface area is 191 Å². The first kappa shape index (κ1) is 23.7. The molecule has 1 aliphatic heterocycles. The van der Waals surface area contributed by atoms with Crippen molar-refractivity contribution in [3.63, 3.8) is 0 Å². The van der Waals surface area contributed by atoms with Gasteiger partial charge >= 0.3 is 6.03 Å². The fraction of sp³-hybridized carbons (Fsp3) is 0.391. The van der Waals surface area contributed by atoms with E-state index in [9.17, 15) is 14.0 Å². The minimum absolute atomic E-state index is 0.314. The van der Waals surface area contributed by atoms with E-state index in [1.54, 1.807) is 36.9 Å². The van der Waals surface area contributed by atoms with Crippen molar-refractivity contribution < 1.29 is 23.5 Å². The average Bonchev–Trinajstić information content (AvgIpc) is 2.80. The lowest BCUT2D eigenvalue weighted by Crippen LogP contribution is -2.50. The minimum atomic E-state index is -0.731. The van der Waals surface area contributed by atoms with Crippen molar-refractivity contribution in [3.8, 4) is 11.5 Å². The number of carbonyl (C=O) groups is 2. The predicted octanol–water partition coefficient (Wildman–Crippen LogP) is 3.67. The molecule has 9 heteroatoms. The van der Waals surface area contributed by atoms with Gasteiger partial charge in [-0.25, -0.2) is 9.18 Å². The molecule has 0 aliphatic carbocycles. The van der Waals surface area contributed by atoms with E-state index in [2.05, 4.69) is 10.6 Å². The standard InChI is InChI=1S/C23H28FN3O4S/c1-30-20-11-15-7-9-27(14-16(15)12-21(20)31-2)23(29)26-19(8-10-32-3)22(28)25-18-6-4-5-17(24)13-18/h4-6,11-13,19H,7-10,14H2,1-3H3,(H,25,28)(H,26,29). The Hall–Kier alpha value is -2.94. The van der Waals surface area contributed by atoms with Gasteiger partial charge in [0.15, 0.2) is 11.5 Å². The van der Waals surface area contributed by atoms with Crippen molar-refractivity contribution in [1.29, 1.82) is 0 Å². The molecule has 3 amide bonds. The summed E-state index contributed by atoms with van der Waals surface area (Å²) >= 11 is 1.59. The van der Waals surface area contributed by atoms with Crippen molar-refractivity contribution in [1.82, 2.24) is 10.2 Å². The molecule has 2 aromatic rings. The molecule has 172 valence electrons. The summed E-state index contributed by atoms with van der Waals surface area (Å²) in [7, 11) is 3.17. The number of fused-ring (bicyclic) bond motifs is 1. The van der Waals surface area contributed by atoms with Crippen LogP contribution < -0.4 is 20.1 Å². The molecule has 1 atom stereocenters. The highest BCUT2D eigenvalue weighted by molar-refractivity contribution is 7.98. The number of rotatable bonds is 8. The molecule has 0 saturated heterocycles. The number of hydrogen-bond acceptors (Lipinski definition) is 5. The number of methoxy groups -OCH3 is 2. The van der Waals surface area contributed by atoms with Crippen molar-refractivity contribution in [2.75, 3.05) is 38.1 Å². The van der Waals surface area contributed by atoms with Crippen molar-refractivity contribution in [2.24, 2.45) is 0 Å². The first-order valence-corrected chi connectivity index (χ1v) is 11.7. The molecule has 0 spiro atoms. The highest BCUT2D eigenvalue weighted by atomic mass is 32.2. The number of urea groups is 1. The molecule has 0 radical (unpaired) electrons. The summed E-state index contributed by atoms with van der Waals surface area (Å²) in [6.07, 6.45) is 3.07. The molecular formula is C23H28FN3O4S. The number of hydrogen-bond donors (Lipinski definition) is 2. The van der Waals surface area contributed by atoms with E-state index in [1.165, 1.54) is 18.2 Å². The Morgan fingerprint density at radius 2 is 1.88 bits per heavy atom. The number of amides is 3. The van der Waals surface area contributed by atoms with E-state index in [0.717, 1.165) is 11.1 Å². The van der Waals surface area contributed by atoms with Crippen LogP contribution in [0.2, 0.25) is 0 Å². The average molecular weight is 462 g/mol. The monoisotopic (exact) mass is 461 g/mol. The molecule has 32 heavy (non-hydrogen) atoms. The van der Waals surface area contributed by atoms with Gasteiger partial charge in [0, 0.05) is 18.8 Å². The summed E-state index contributed by atoms with van der Waals surface area (Å²) in [5.74, 6) is 1.16. The van der Waals surface area contributed by atoms with Crippen molar-refractivity contribution in [2.45, 2.75) is 25.4 Å². The summed E-state index contributed by atoms with van der Waals surface area (Å²) in [5.41, 5.74) is 2.44. The van der Waals surface area contributed by atoms with Gasteiger partial charge in [0.25, 0.3) is 0 Å². The molecule has 0 fully saturated rings. The van der Waals surface area contributed by atoms with Gasteiger partial charge in [-0.05, 0) is 66.3 Å². The minimum Gasteiger partial charge on any atom is -0.493 e. The maximum Gasteiger partial charge on any atom is 0.318 e. The second kappa shape index (κ2) is 11.1. The second-order valence-electron chi connectivity index (χ2n) is 7.43. The van der Waals surface area contributed by atoms with Crippen LogP contribution >= 0.6 is 11.8 Å². The van der Waals surface area contributed by atoms with E-state index in [-0.39, 0.29) is 11.9 Å². The van der Waals surface area contributed by atoms with Gasteiger partial charge in [0.1, 0.15) is 11.9 Å². The maximum absolute atomic E-state index is 13.4. The first-order valence-electron chi connectivity index (χ1n) is 10.3. The summed E-state index contributed by atoms with van der Waals surface area (Å²) < 4.78 is 24.2. The van der Waals surface area contributed by atoms with Crippen molar-refractivity contribution >= 4 is 29.4 Å². The molecule has 2 N–H and O–H groups in total. The first-order chi connectivity index (χ1) is 15.4. The van der Waals surface area contributed by atoms with Crippen LogP contribution in [-0.2, 0) is 17.8 Å².